The number of nitrogens with zero attached hydrogens (tertiary/aromatic N) is 1. The molecule has 0 aliphatic heterocycles. The lowest BCUT2D eigenvalue weighted by molar-refractivity contribution is -0.138. The minimum Gasteiger partial charge on any atom is -0.192 e. The monoisotopic (exact) mass is 399 g/mol. The van der Waals surface area contributed by atoms with Gasteiger partial charge in [-0.3, -0.25) is 0 Å². The van der Waals surface area contributed by atoms with Crippen molar-refractivity contribution in [1.29, 1.82) is 5.26 Å². The lowest BCUT2D eigenvalue weighted by atomic mass is 9.93. The number of rotatable bonds is 7. The van der Waals surface area contributed by atoms with Gasteiger partial charge in [0.15, 0.2) is 0 Å². The van der Waals surface area contributed by atoms with Crippen molar-refractivity contribution in [3.8, 4) is 6.07 Å². The van der Waals surface area contributed by atoms with Crippen LogP contribution in [0.3, 0.4) is 0 Å². The van der Waals surface area contributed by atoms with Gasteiger partial charge < -0.3 is 0 Å². The first-order valence-corrected chi connectivity index (χ1v) is 9.54. The quantitative estimate of drug-likeness (QED) is 0.462. The van der Waals surface area contributed by atoms with Crippen molar-refractivity contribution in [3.63, 3.8) is 0 Å². The van der Waals surface area contributed by atoms with Crippen LogP contribution in [0.4, 0.5) is 13.2 Å². The summed E-state index contributed by atoms with van der Waals surface area (Å²) in [6.45, 7) is 9.43. The van der Waals surface area contributed by atoms with Crippen molar-refractivity contribution in [2.75, 3.05) is 0 Å². The number of allylic oxidation sites excluding steroid dienone is 1. The van der Waals surface area contributed by atoms with Gasteiger partial charge in [0.05, 0.1) is 17.2 Å². The van der Waals surface area contributed by atoms with Crippen molar-refractivity contribution in [2.45, 2.75) is 25.9 Å². The number of hydrogen-bond donors (Lipinski definition) is 0. The highest BCUT2D eigenvalue weighted by Crippen LogP contribution is 2.34. The topological polar surface area (TPSA) is 23.8 Å². The molecule has 0 heterocycles. The second-order valence-corrected chi connectivity index (χ2v) is 7.12. The van der Waals surface area contributed by atoms with Crippen LogP contribution in [-0.4, -0.2) is 0 Å². The summed E-state index contributed by atoms with van der Waals surface area (Å²) < 4.78 is 40.3. The standard InChI is InChI=1S/C23H20F3NS/c1-4-18-11-16(12-21(5-2)28-6-3)7-9-19(18)14-20-10-8-17(15-27)13-22(20)23(24,25)26/h5-13H,2-4,14H2,1H3/b21-12-. The van der Waals surface area contributed by atoms with E-state index in [9.17, 15) is 13.2 Å². The molecule has 5 heteroatoms. The fourth-order valence-electron chi connectivity index (χ4n) is 2.91. The van der Waals surface area contributed by atoms with E-state index in [1.54, 1.807) is 17.6 Å². The fraction of sp³-hybridized carbons (Fsp3) is 0.174. The number of alkyl halides is 3. The van der Waals surface area contributed by atoms with Gasteiger partial charge in [-0.2, -0.15) is 18.4 Å². The smallest absolute Gasteiger partial charge is 0.192 e. The van der Waals surface area contributed by atoms with E-state index in [0.717, 1.165) is 27.7 Å². The SMILES string of the molecule is C=CS/C(C=C)=C\c1ccc(Cc2ccc(C#N)cc2C(F)(F)F)c(CC)c1. The van der Waals surface area contributed by atoms with Crippen molar-refractivity contribution >= 4 is 17.8 Å². The van der Waals surface area contributed by atoms with Crippen LogP contribution in [0.25, 0.3) is 6.08 Å². The third-order valence-electron chi connectivity index (χ3n) is 4.27. The lowest BCUT2D eigenvalue weighted by Crippen LogP contribution is -2.10. The van der Waals surface area contributed by atoms with Crippen molar-refractivity contribution in [3.05, 3.63) is 99.3 Å². The number of benzene rings is 2. The molecule has 0 amide bonds. The maximum Gasteiger partial charge on any atom is 0.416 e. The predicted molar refractivity (Wildman–Crippen MR) is 111 cm³/mol. The van der Waals surface area contributed by atoms with E-state index < -0.39 is 11.7 Å². The Balaban J connectivity index is 2.44. The largest absolute Gasteiger partial charge is 0.416 e. The highest BCUT2D eigenvalue weighted by molar-refractivity contribution is 8.06. The first kappa shape index (κ1) is 21.6. The average molecular weight is 399 g/mol. The van der Waals surface area contributed by atoms with E-state index in [4.69, 9.17) is 5.26 Å². The maximum atomic E-state index is 13.4. The first-order valence-electron chi connectivity index (χ1n) is 8.66. The Bertz CT molecular complexity index is 949. The van der Waals surface area contributed by atoms with E-state index >= 15 is 0 Å². The van der Waals surface area contributed by atoms with Gasteiger partial charge >= 0.3 is 6.18 Å². The van der Waals surface area contributed by atoms with Gasteiger partial charge in [0.2, 0.25) is 0 Å². The van der Waals surface area contributed by atoms with Gasteiger partial charge in [0, 0.05) is 4.91 Å². The van der Waals surface area contributed by atoms with E-state index in [1.807, 2.05) is 31.2 Å². The Labute approximate surface area is 167 Å². The van der Waals surface area contributed by atoms with Gasteiger partial charge in [0.25, 0.3) is 0 Å². The molecular formula is C23H20F3NS. The second-order valence-electron chi connectivity index (χ2n) is 6.08. The molecule has 0 saturated heterocycles. The zero-order valence-electron chi connectivity index (χ0n) is 15.5. The molecule has 0 fully saturated rings. The summed E-state index contributed by atoms with van der Waals surface area (Å²) in [5.41, 5.74) is 2.20. The molecule has 0 aromatic heterocycles. The van der Waals surface area contributed by atoms with Gasteiger partial charge in [-0.05, 0) is 58.7 Å². The molecule has 144 valence electrons. The Morgan fingerprint density at radius 3 is 2.39 bits per heavy atom. The number of nitriles is 1. The van der Waals surface area contributed by atoms with Gasteiger partial charge in [-0.25, -0.2) is 0 Å². The highest BCUT2D eigenvalue weighted by Gasteiger charge is 2.33. The molecule has 0 saturated carbocycles. The molecule has 0 bridgehead atoms. The van der Waals surface area contributed by atoms with Crippen LogP contribution < -0.4 is 0 Å². The van der Waals surface area contributed by atoms with Crippen LogP contribution in [0.5, 0.6) is 0 Å². The van der Waals surface area contributed by atoms with Crippen LogP contribution >= 0.6 is 11.8 Å². The summed E-state index contributed by atoms with van der Waals surface area (Å²) in [4.78, 5) is 0.941. The van der Waals surface area contributed by atoms with Crippen LogP contribution in [0, 0.1) is 11.3 Å². The number of aryl methyl sites for hydroxylation is 1. The van der Waals surface area contributed by atoms with Crippen molar-refractivity contribution < 1.29 is 13.2 Å². The van der Waals surface area contributed by atoms with Crippen LogP contribution in [0.15, 0.2) is 65.9 Å². The fourth-order valence-corrected chi connectivity index (χ4v) is 3.40. The van der Waals surface area contributed by atoms with E-state index in [1.165, 1.54) is 23.9 Å². The Hall–Kier alpha value is -2.71. The summed E-state index contributed by atoms with van der Waals surface area (Å²) in [5, 5.41) is 10.6. The predicted octanol–water partition coefficient (Wildman–Crippen LogP) is 7.13. The first-order chi connectivity index (χ1) is 13.3. The minimum atomic E-state index is -4.50. The van der Waals surface area contributed by atoms with E-state index in [0.29, 0.717) is 6.42 Å². The van der Waals surface area contributed by atoms with Gasteiger partial charge in [0.1, 0.15) is 0 Å². The van der Waals surface area contributed by atoms with Crippen LogP contribution in [0.1, 0.15) is 40.3 Å². The number of halogens is 3. The van der Waals surface area contributed by atoms with Crippen molar-refractivity contribution in [1.82, 2.24) is 0 Å². The summed E-state index contributed by atoms with van der Waals surface area (Å²) in [6.07, 6.45) is 0.0531. The molecule has 0 spiro atoms. The number of thioether (sulfide) groups is 1. The van der Waals surface area contributed by atoms with Crippen molar-refractivity contribution in [2.24, 2.45) is 0 Å². The van der Waals surface area contributed by atoms with E-state index in [-0.39, 0.29) is 17.5 Å². The third kappa shape index (κ3) is 5.40. The molecule has 2 aromatic carbocycles. The van der Waals surface area contributed by atoms with Crippen LogP contribution in [-0.2, 0) is 19.0 Å². The molecule has 0 radical (unpaired) electrons. The molecule has 2 aromatic rings. The summed E-state index contributed by atoms with van der Waals surface area (Å²) in [6, 6.07) is 11.2. The Morgan fingerprint density at radius 2 is 1.82 bits per heavy atom. The molecule has 2 rings (SSSR count). The Morgan fingerprint density at radius 1 is 1.11 bits per heavy atom. The molecule has 0 N–H and O–H groups in total. The zero-order valence-corrected chi connectivity index (χ0v) is 16.3. The van der Waals surface area contributed by atoms with Crippen LogP contribution in [0.2, 0.25) is 0 Å². The molecular weight excluding hydrogens is 379 g/mol. The minimum absolute atomic E-state index is 0.00366. The Kier molecular flexibility index (Phi) is 7.31. The average Bonchev–Trinajstić information content (AvgIpc) is 2.68. The normalized spacial score (nSPS) is 11.8. The molecule has 0 unspecified atom stereocenters. The molecule has 0 aliphatic carbocycles. The summed E-state index contributed by atoms with van der Waals surface area (Å²) in [5.74, 6) is 0. The third-order valence-corrected chi connectivity index (χ3v) is 4.99. The lowest BCUT2D eigenvalue weighted by Gasteiger charge is -2.15. The summed E-state index contributed by atoms with van der Waals surface area (Å²) >= 11 is 1.46. The molecule has 28 heavy (non-hydrogen) atoms. The molecule has 0 atom stereocenters. The van der Waals surface area contributed by atoms with Gasteiger partial charge in [-0.15, -0.1) is 0 Å². The maximum absolute atomic E-state index is 13.4. The molecule has 1 nitrogen and oxygen atoms in total. The van der Waals surface area contributed by atoms with E-state index in [2.05, 4.69) is 13.2 Å². The summed E-state index contributed by atoms with van der Waals surface area (Å²) in [7, 11) is 0. The van der Waals surface area contributed by atoms with Gasteiger partial charge in [-0.1, -0.05) is 62.2 Å². The number of hydrogen-bond acceptors (Lipinski definition) is 2. The molecule has 0 aliphatic rings. The highest BCUT2D eigenvalue weighted by atomic mass is 32.2. The second kappa shape index (κ2) is 9.48. The zero-order chi connectivity index (χ0) is 20.7.